The Labute approximate surface area is 96.5 Å². The second-order valence-corrected chi connectivity index (χ2v) is 4.43. The molecule has 4 heteroatoms. The van der Waals surface area contributed by atoms with Gasteiger partial charge in [0.15, 0.2) is 11.5 Å². The summed E-state index contributed by atoms with van der Waals surface area (Å²) in [5.74, 6) is 1.54. The summed E-state index contributed by atoms with van der Waals surface area (Å²) in [5, 5.41) is 0. The molecule has 0 radical (unpaired) electrons. The van der Waals surface area contributed by atoms with Crippen LogP contribution in [0.5, 0.6) is 11.5 Å². The van der Waals surface area contributed by atoms with Gasteiger partial charge in [-0.25, -0.2) is 0 Å². The quantitative estimate of drug-likeness (QED) is 0.829. The second kappa shape index (κ2) is 3.85. The Hall–Kier alpha value is -1.03. The Kier molecular flexibility index (Phi) is 2.69. The molecular weight excluding hydrogens is 260 g/mol. The van der Waals surface area contributed by atoms with Gasteiger partial charge in [-0.15, -0.1) is 0 Å². The highest BCUT2D eigenvalue weighted by Crippen LogP contribution is 2.41. The highest BCUT2D eigenvalue weighted by molar-refractivity contribution is 9.10. The second-order valence-electron chi connectivity index (χ2n) is 3.57. The highest BCUT2D eigenvalue weighted by atomic mass is 79.9. The van der Waals surface area contributed by atoms with E-state index in [1.54, 1.807) is 6.92 Å². The monoisotopic (exact) mass is 270 g/mol. The number of benzene rings is 1. The van der Waals surface area contributed by atoms with Crippen LogP contribution in [0.2, 0.25) is 0 Å². The first-order chi connectivity index (χ1) is 7.09. The van der Waals surface area contributed by atoms with Crippen LogP contribution in [-0.4, -0.2) is 12.6 Å². The predicted octanol–water partition coefficient (Wildman–Crippen LogP) is 2.62. The van der Waals surface area contributed by atoms with Crippen molar-refractivity contribution >= 4 is 21.7 Å². The summed E-state index contributed by atoms with van der Waals surface area (Å²) >= 11 is 3.44. The van der Waals surface area contributed by atoms with E-state index < -0.39 is 0 Å². The molecule has 0 spiro atoms. The fourth-order valence-corrected chi connectivity index (χ4v) is 2.08. The molecule has 15 heavy (non-hydrogen) atoms. The Balaban J connectivity index is 2.55. The van der Waals surface area contributed by atoms with Gasteiger partial charge in [0.05, 0.1) is 0 Å². The van der Waals surface area contributed by atoms with Crippen LogP contribution in [0, 0.1) is 6.92 Å². The summed E-state index contributed by atoms with van der Waals surface area (Å²) in [5.41, 5.74) is 1.96. The average Bonchev–Trinajstić information content (AvgIpc) is 2.59. The van der Waals surface area contributed by atoms with Gasteiger partial charge in [0.2, 0.25) is 6.79 Å². The molecule has 80 valence electrons. The zero-order valence-electron chi connectivity index (χ0n) is 8.59. The van der Waals surface area contributed by atoms with E-state index in [0.717, 1.165) is 15.6 Å². The Morgan fingerprint density at radius 1 is 1.53 bits per heavy atom. The number of rotatable bonds is 2. The molecule has 2 rings (SSSR count). The molecule has 0 saturated carbocycles. The Morgan fingerprint density at radius 3 is 2.93 bits per heavy atom. The molecule has 3 nitrogen and oxygen atoms in total. The number of fused-ring (bicyclic) bond motifs is 1. The Morgan fingerprint density at radius 2 is 2.27 bits per heavy atom. The Bertz CT molecular complexity index is 426. The first kappa shape index (κ1) is 10.5. The van der Waals surface area contributed by atoms with Gasteiger partial charge in [-0.2, -0.15) is 0 Å². The van der Waals surface area contributed by atoms with Gasteiger partial charge >= 0.3 is 0 Å². The molecule has 1 aromatic rings. The van der Waals surface area contributed by atoms with Gasteiger partial charge in [0.1, 0.15) is 5.78 Å². The summed E-state index contributed by atoms with van der Waals surface area (Å²) < 4.78 is 11.6. The molecule has 0 bridgehead atoms. The van der Waals surface area contributed by atoms with E-state index in [-0.39, 0.29) is 12.6 Å². The van der Waals surface area contributed by atoms with Gasteiger partial charge in [-0.05, 0) is 25.5 Å². The smallest absolute Gasteiger partial charge is 0.231 e. The van der Waals surface area contributed by atoms with E-state index in [1.165, 1.54) is 0 Å². The molecule has 1 aliphatic rings. The number of hydrogen-bond acceptors (Lipinski definition) is 3. The molecule has 1 aliphatic heterocycles. The lowest BCUT2D eigenvalue weighted by Crippen LogP contribution is -2.01. The van der Waals surface area contributed by atoms with E-state index in [4.69, 9.17) is 9.47 Å². The minimum atomic E-state index is 0.119. The van der Waals surface area contributed by atoms with Crippen LogP contribution in [0.4, 0.5) is 0 Å². The van der Waals surface area contributed by atoms with Crippen LogP contribution in [0.25, 0.3) is 0 Å². The first-order valence-electron chi connectivity index (χ1n) is 4.66. The van der Waals surface area contributed by atoms with Crippen LogP contribution < -0.4 is 9.47 Å². The van der Waals surface area contributed by atoms with Gasteiger partial charge in [-0.3, -0.25) is 4.79 Å². The van der Waals surface area contributed by atoms with Crippen molar-refractivity contribution in [2.24, 2.45) is 0 Å². The zero-order chi connectivity index (χ0) is 11.0. The van der Waals surface area contributed by atoms with Crippen LogP contribution in [-0.2, 0) is 11.2 Å². The predicted molar refractivity (Wildman–Crippen MR) is 59.4 cm³/mol. The molecule has 0 fully saturated rings. The van der Waals surface area contributed by atoms with Gasteiger partial charge in [0.25, 0.3) is 0 Å². The molecule has 0 aliphatic carbocycles. The lowest BCUT2D eigenvalue weighted by atomic mass is 10.0. The van der Waals surface area contributed by atoms with Crippen molar-refractivity contribution < 1.29 is 14.3 Å². The van der Waals surface area contributed by atoms with E-state index >= 15 is 0 Å². The van der Waals surface area contributed by atoms with Crippen molar-refractivity contribution in [2.45, 2.75) is 20.3 Å². The minimum Gasteiger partial charge on any atom is -0.454 e. The third-order valence-corrected chi connectivity index (χ3v) is 3.23. The molecular formula is C11H11BrO3. The van der Waals surface area contributed by atoms with Crippen LogP contribution in [0.1, 0.15) is 18.1 Å². The topological polar surface area (TPSA) is 35.5 Å². The number of halogens is 1. The lowest BCUT2D eigenvalue weighted by molar-refractivity contribution is -0.116. The number of carbonyl (C=O) groups excluding carboxylic acids is 1. The van der Waals surface area contributed by atoms with Crippen molar-refractivity contribution in [3.05, 3.63) is 21.7 Å². The molecule has 0 atom stereocenters. The van der Waals surface area contributed by atoms with Crippen molar-refractivity contribution in [3.63, 3.8) is 0 Å². The maximum Gasteiger partial charge on any atom is 0.231 e. The summed E-state index contributed by atoms with van der Waals surface area (Å²) in [7, 11) is 0. The third kappa shape index (κ3) is 1.86. The van der Waals surface area contributed by atoms with Crippen molar-refractivity contribution in [2.75, 3.05) is 6.79 Å². The molecule has 0 unspecified atom stereocenters. The van der Waals surface area contributed by atoms with Crippen molar-refractivity contribution in [1.82, 2.24) is 0 Å². The molecule has 0 aromatic heterocycles. The molecule has 0 saturated heterocycles. The molecule has 0 amide bonds. The van der Waals surface area contributed by atoms with Gasteiger partial charge < -0.3 is 9.47 Å². The molecule has 0 N–H and O–H groups in total. The largest absolute Gasteiger partial charge is 0.454 e. The fraction of sp³-hybridized carbons (Fsp3) is 0.364. The SMILES string of the molecule is CC(=O)Cc1c(C)c(Br)cc2c1OCO2. The summed E-state index contributed by atoms with van der Waals surface area (Å²) in [6.45, 7) is 3.77. The van der Waals surface area contributed by atoms with Crippen molar-refractivity contribution in [1.29, 1.82) is 0 Å². The number of ketones is 1. The lowest BCUT2D eigenvalue weighted by Gasteiger charge is -2.09. The summed E-state index contributed by atoms with van der Waals surface area (Å²) in [6, 6.07) is 1.88. The number of carbonyl (C=O) groups is 1. The first-order valence-corrected chi connectivity index (χ1v) is 5.46. The zero-order valence-corrected chi connectivity index (χ0v) is 10.2. The third-order valence-electron chi connectivity index (χ3n) is 2.41. The molecule has 1 heterocycles. The maximum absolute atomic E-state index is 11.2. The van der Waals surface area contributed by atoms with Crippen molar-refractivity contribution in [3.8, 4) is 11.5 Å². The fourth-order valence-electron chi connectivity index (χ4n) is 1.63. The van der Waals surface area contributed by atoms with Gasteiger partial charge in [-0.1, -0.05) is 15.9 Å². The van der Waals surface area contributed by atoms with E-state index in [0.29, 0.717) is 17.9 Å². The normalized spacial score (nSPS) is 13.0. The van der Waals surface area contributed by atoms with Crippen LogP contribution >= 0.6 is 15.9 Å². The maximum atomic E-state index is 11.2. The van der Waals surface area contributed by atoms with E-state index in [1.807, 2.05) is 13.0 Å². The summed E-state index contributed by atoms with van der Waals surface area (Å²) in [4.78, 5) is 11.2. The van der Waals surface area contributed by atoms with E-state index in [9.17, 15) is 4.79 Å². The summed E-state index contributed by atoms with van der Waals surface area (Å²) in [6.07, 6.45) is 0.386. The molecule has 1 aromatic carbocycles. The average molecular weight is 271 g/mol. The van der Waals surface area contributed by atoms with Gasteiger partial charge in [0, 0.05) is 16.5 Å². The van der Waals surface area contributed by atoms with E-state index in [2.05, 4.69) is 15.9 Å². The standard InChI is InChI=1S/C11H11BrO3/c1-6(13)3-8-7(2)9(12)4-10-11(8)15-5-14-10/h4H,3,5H2,1-2H3. The number of hydrogen-bond donors (Lipinski definition) is 0. The minimum absolute atomic E-state index is 0.119. The van der Waals surface area contributed by atoms with Crippen LogP contribution in [0.3, 0.4) is 0 Å². The number of ether oxygens (including phenoxy) is 2. The highest BCUT2D eigenvalue weighted by Gasteiger charge is 2.22. The van der Waals surface area contributed by atoms with Crippen LogP contribution in [0.15, 0.2) is 10.5 Å². The number of Topliss-reactive ketones (excluding diaryl/α,β-unsaturated/α-hetero) is 1.